The lowest BCUT2D eigenvalue weighted by Crippen LogP contribution is -2.54. The van der Waals surface area contributed by atoms with Gasteiger partial charge >= 0.3 is 0 Å². The van der Waals surface area contributed by atoms with Gasteiger partial charge in [-0.2, -0.15) is 10.4 Å². The molecule has 0 spiro atoms. The summed E-state index contributed by atoms with van der Waals surface area (Å²) in [7, 11) is 0. The van der Waals surface area contributed by atoms with Crippen LogP contribution in [0.15, 0.2) is 30.6 Å². The van der Waals surface area contributed by atoms with E-state index in [0.717, 1.165) is 23.4 Å². The number of nitrogens with one attached hydrogen (secondary N) is 2. The van der Waals surface area contributed by atoms with E-state index >= 15 is 0 Å². The van der Waals surface area contributed by atoms with Gasteiger partial charge in [-0.1, -0.05) is 32.1 Å². The molecule has 3 fully saturated rings. The lowest BCUT2D eigenvalue weighted by molar-refractivity contribution is -0.136. The smallest absolute Gasteiger partial charge is 0.262 e. The molecule has 4 heterocycles. The van der Waals surface area contributed by atoms with E-state index in [2.05, 4.69) is 45.5 Å². The van der Waals surface area contributed by atoms with Gasteiger partial charge in [-0.3, -0.25) is 38.9 Å². The predicted molar refractivity (Wildman–Crippen MR) is 166 cm³/mol. The summed E-state index contributed by atoms with van der Waals surface area (Å²) in [6, 6.07) is 6.52. The number of anilines is 1. The van der Waals surface area contributed by atoms with Gasteiger partial charge in [0.1, 0.15) is 11.6 Å². The minimum Gasteiger partial charge on any atom is -0.369 e. The fraction of sp³-hybridized carbons (Fsp3) is 0.500. The Morgan fingerprint density at radius 1 is 1.15 bits per heavy atom. The van der Waals surface area contributed by atoms with Crippen LogP contribution in [0.25, 0.3) is 0 Å². The second kappa shape index (κ2) is 11.1. The normalized spacial score (nSPS) is 25.7. The molecule has 0 radical (unpaired) electrons. The number of fused-ring (bicyclic) bond motifs is 1. The maximum atomic E-state index is 13.5. The van der Waals surface area contributed by atoms with Crippen LogP contribution in [0.5, 0.6) is 0 Å². The number of imide groups is 2. The number of nitrogens with zero attached hydrogens (tertiary/aromatic N) is 5. The second-order valence-electron chi connectivity index (χ2n) is 13.3. The highest BCUT2D eigenvalue weighted by Gasteiger charge is 2.67. The van der Waals surface area contributed by atoms with Crippen LogP contribution in [0.4, 0.5) is 5.69 Å². The van der Waals surface area contributed by atoms with Gasteiger partial charge in [0, 0.05) is 31.4 Å². The highest BCUT2D eigenvalue weighted by atomic mass is 16.2. The fourth-order valence-electron chi connectivity index (χ4n) is 6.93. The van der Waals surface area contributed by atoms with Crippen molar-refractivity contribution in [3.05, 3.63) is 47.3 Å². The molecule has 2 saturated heterocycles. The second-order valence-corrected chi connectivity index (χ2v) is 13.3. The summed E-state index contributed by atoms with van der Waals surface area (Å²) in [5.41, 5.74) is -0.0407. The highest BCUT2D eigenvalue weighted by Crippen LogP contribution is 2.60. The molecule has 0 bridgehead atoms. The average Bonchev–Trinajstić information content (AvgIpc) is 3.24. The van der Waals surface area contributed by atoms with E-state index in [4.69, 9.17) is 0 Å². The Hall–Kier alpha value is -4.97. The molecule has 12 heteroatoms. The molecule has 238 valence electrons. The van der Waals surface area contributed by atoms with Crippen molar-refractivity contribution in [1.29, 1.82) is 5.26 Å². The molecule has 12 nitrogen and oxygen atoms in total. The molecule has 1 aromatic carbocycles. The first-order chi connectivity index (χ1) is 21.9. The summed E-state index contributed by atoms with van der Waals surface area (Å²) in [5, 5.41) is 19.7. The number of amides is 5. The van der Waals surface area contributed by atoms with E-state index in [-0.39, 0.29) is 35.8 Å². The minimum atomic E-state index is -0.999. The lowest BCUT2D eigenvalue weighted by Gasteiger charge is -2.38. The van der Waals surface area contributed by atoms with Crippen LogP contribution in [0.2, 0.25) is 0 Å². The molecular formula is C34H37N7O5. The van der Waals surface area contributed by atoms with Gasteiger partial charge in [0.25, 0.3) is 11.8 Å². The topological polar surface area (TPSA) is 157 Å². The van der Waals surface area contributed by atoms with Gasteiger partial charge in [0.15, 0.2) is 0 Å². The zero-order chi connectivity index (χ0) is 33.0. The van der Waals surface area contributed by atoms with Crippen LogP contribution >= 0.6 is 0 Å². The van der Waals surface area contributed by atoms with Gasteiger partial charge in [-0.25, -0.2) is 0 Å². The van der Waals surface area contributed by atoms with Crippen LogP contribution in [0, 0.1) is 34.5 Å². The highest BCUT2D eigenvalue weighted by molar-refractivity contribution is 6.23. The van der Waals surface area contributed by atoms with Crippen LogP contribution in [-0.2, 0) is 19.9 Å². The molecule has 3 aliphatic heterocycles. The Kier molecular flexibility index (Phi) is 7.51. The van der Waals surface area contributed by atoms with Gasteiger partial charge in [-0.05, 0) is 57.7 Å². The Morgan fingerprint density at radius 2 is 1.89 bits per heavy atom. The number of carbonyl (C=O) groups is 5. The van der Waals surface area contributed by atoms with Crippen LogP contribution in [-0.4, -0.2) is 68.9 Å². The molecular weight excluding hydrogens is 586 g/mol. The van der Waals surface area contributed by atoms with Crippen molar-refractivity contribution in [2.45, 2.75) is 83.3 Å². The van der Waals surface area contributed by atoms with Crippen molar-refractivity contribution in [3.8, 4) is 17.9 Å². The largest absolute Gasteiger partial charge is 0.369 e. The zero-order valence-corrected chi connectivity index (χ0v) is 26.5. The SMILES string of the molecule is CCCC1(NC(=O)C(C)(C)n2cc(C#CC3CN(c4ccc5c(c4)C(=O)N(C4CCC(=O)NC4=O)C5=O)C3)cn2)CC1(C#N)CC. The van der Waals surface area contributed by atoms with E-state index in [1.807, 2.05) is 6.92 Å². The number of carbonyl (C=O) groups excluding carboxylic acids is 5. The molecule has 2 aromatic rings. The first kappa shape index (κ1) is 31.0. The number of rotatable bonds is 8. The van der Waals surface area contributed by atoms with Crippen molar-refractivity contribution in [1.82, 2.24) is 25.3 Å². The van der Waals surface area contributed by atoms with Gasteiger partial charge in [0.05, 0.1) is 45.8 Å². The summed E-state index contributed by atoms with van der Waals surface area (Å²) in [6.45, 7) is 8.91. The number of hydrogen-bond acceptors (Lipinski definition) is 8. The fourth-order valence-corrected chi connectivity index (χ4v) is 6.93. The number of benzene rings is 1. The van der Waals surface area contributed by atoms with Gasteiger partial charge in [0.2, 0.25) is 17.7 Å². The Bertz CT molecular complexity index is 1770. The number of piperidine rings is 1. The number of aromatic nitrogens is 2. The summed E-state index contributed by atoms with van der Waals surface area (Å²) in [4.78, 5) is 66.5. The molecule has 1 aromatic heterocycles. The first-order valence-corrected chi connectivity index (χ1v) is 15.8. The maximum absolute atomic E-state index is 13.5. The summed E-state index contributed by atoms with van der Waals surface area (Å²) in [6.07, 6.45) is 6.57. The summed E-state index contributed by atoms with van der Waals surface area (Å²) >= 11 is 0. The van der Waals surface area contributed by atoms with Crippen LogP contribution in [0.3, 0.4) is 0 Å². The predicted octanol–water partition coefficient (Wildman–Crippen LogP) is 2.49. The third-order valence-corrected chi connectivity index (χ3v) is 10.0. The third kappa shape index (κ3) is 4.93. The van der Waals surface area contributed by atoms with Crippen molar-refractivity contribution in [3.63, 3.8) is 0 Å². The quantitative estimate of drug-likeness (QED) is 0.336. The van der Waals surface area contributed by atoms with Crippen molar-refractivity contribution >= 4 is 35.2 Å². The van der Waals surface area contributed by atoms with Crippen LogP contribution < -0.4 is 15.5 Å². The van der Waals surface area contributed by atoms with E-state index in [1.54, 1.807) is 49.1 Å². The van der Waals surface area contributed by atoms with E-state index in [0.29, 0.717) is 31.5 Å². The van der Waals surface area contributed by atoms with E-state index in [1.165, 1.54) is 0 Å². The van der Waals surface area contributed by atoms with E-state index < -0.39 is 46.2 Å². The molecule has 6 rings (SSSR count). The molecule has 1 aliphatic carbocycles. The third-order valence-electron chi connectivity index (χ3n) is 10.0. The molecule has 3 atom stereocenters. The van der Waals surface area contributed by atoms with Gasteiger partial charge in [-0.15, -0.1) is 0 Å². The van der Waals surface area contributed by atoms with Crippen molar-refractivity contribution in [2.75, 3.05) is 18.0 Å². The molecule has 2 N–H and O–H groups in total. The standard InChI is InChI=1S/C34H37N7O5/c1-5-13-34(19-33(34,6-2)20-35)38-31(46)32(3,4)40-18-21(15-36-40)7-8-22-16-39(17-22)23-9-10-24-25(14-23)30(45)41(29(24)44)26-11-12-27(42)37-28(26)43/h9-10,14-15,18,22,26H,5-6,11-13,16-17,19H2,1-4H3,(H,38,46)(H,37,42,43). The van der Waals surface area contributed by atoms with Crippen LogP contribution in [0.1, 0.15) is 92.5 Å². The Morgan fingerprint density at radius 3 is 2.54 bits per heavy atom. The Labute approximate surface area is 267 Å². The molecule has 3 unspecified atom stereocenters. The van der Waals surface area contributed by atoms with Crippen molar-refractivity contribution < 1.29 is 24.0 Å². The van der Waals surface area contributed by atoms with Crippen molar-refractivity contribution in [2.24, 2.45) is 11.3 Å². The zero-order valence-electron chi connectivity index (χ0n) is 26.5. The van der Waals surface area contributed by atoms with Gasteiger partial charge < -0.3 is 10.2 Å². The minimum absolute atomic E-state index is 0.0712. The molecule has 1 saturated carbocycles. The first-order valence-electron chi connectivity index (χ1n) is 15.8. The number of nitriles is 1. The molecule has 4 aliphatic rings. The lowest BCUT2D eigenvalue weighted by atomic mass is 9.93. The monoisotopic (exact) mass is 623 g/mol. The molecule has 46 heavy (non-hydrogen) atoms. The molecule has 5 amide bonds. The van der Waals surface area contributed by atoms with E-state index in [9.17, 15) is 29.2 Å². The average molecular weight is 624 g/mol. The summed E-state index contributed by atoms with van der Waals surface area (Å²) in [5.74, 6) is 4.21. The Balaban J connectivity index is 1.07. The number of hydrogen-bond donors (Lipinski definition) is 2. The summed E-state index contributed by atoms with van der Waals surface area (Å²) < 4.78 is 1.61. The maximum Gasteiger partial charge on any atom is 0.262 e.